The Balaban J connectivity index is 1.37. The molecule has 2 aromatic carbocycles. The summed E-state index contributed by atoms with van der Waals surface area (Å²) in [7, 11) is 2.14. The lowest BCUT2D eigenvalue weighted by Crippen LogP contribution is -2.53. The van der Waals surface area contributed by atoms with Gasteiger partial charge in [-0.25, -0.2) is 9.50 Å². The van der Waals surface area contributed by atoms with E-state index in [-0.39, 0.29) is 11.9 Å². The SMILES string of the molecule is C=CC(=O)N1CCN(c2nc(OC[C@@H]3CCCN3C)nn3c(Cc4cccc5ccccc45)cnc23)[C@@H](C)C1. The van der Waals surface area contributed by atoms with Crippen LogP contribution in [0.2, 0.25) is 0 Å². The number of hydrogen-bond donors (Lipinski definition) is 0. The van der Waals surface area contributed by atoms with Crippen molar-refractivity contribution >= 4 is 28.1 Å². The minimum Gasteiger partial charge on any atom is -0.461 e. The van der Waals surface area contributed by atoms with Crippen LogP contribution in [0.1, 0.15) is 31.0 Å². The van der Waals surface area contributed by atoms with Gasteiger partial charge < -0.3 is 19.4 Å². The average molecular weight is 526 g/mol. The molecule has 0 aliphatic carbocycles. The monoisotopic (exact) mass is 525 g/mol. The van der Waals surface area contributed by atoms with Gasteiger partial charge in [0.05, 0.1) is 11.9 Å². The molecule has 0 N–H and O–H groups in total. The number of fused-ring (bicyclic) bond motifs is 2. The number of rotatable bonds is 7. The second kappa shape index (κ2) is 10.6. The van der Waals surface area contributed by atoms with Crippen molar-refractivity contribution in [3.63, 3.8) is 0 Å². The highest BCUT2D eigenvalue weighted by Crippen LogP contribution is 2.28. The summed E-state index contributed by atoms with van der Waals surface area (Å²) in [4.78, 5) is 28.3. The van der Waals surface area contributed by atoms with Gasteiger partial charge in [0.25, 0.3) is 0 Å². The maximum absolute atomic E-state index is 12.3. The van der Waals surface area contributed by atoms with E-state index in [1.54, 1.807) is 0 Å². The molecular formula is C30H35N7O2. The van der Waals surface area contributed by atoms with Gasteiger partial charge in [0.1, 0.15) is 6.61 Å². The first-order chi connectivity index (χ1) is 19.0. The zero-order chi connectivity index (χ0) is 26.9. The Morgan fingerprint density at radius 3 is 2.79 bits per heavy atom. The molecule has 2 aliphatic heterocycles. The Labute approximate surface area is 228 Å². The molecule has 4 aromatic rings. The van der Waals surface area contributed by atoms with Crippen molar-refractivity contribution in [3.05, 3.63) is 72.6 Å². The van der Waals surface area contributed by atoms with E-state index in [0.29, 0.717) is 50.4 Å². The predicted molar refractivity (Wildman–Crippen MR) is 152 cm³/mol. The van der Waals surface area contributed by atoms with Gasteiger partial charge in [0, 0.05) is 38.1 Å². The summed E-state index contributed by atoms with van der Waals surface area (Å²) < 4.78 is 8.13. The number of likely N-dealkylation sites (tertiary alicyclic amines) is 1. The quantitative estimate of drug-likeness (QED) is 0.342. The lowest BCUT2D eigenvalue weighted by Gasteiger charge is -2.40. The van der Waals surface area contributed by atoms with Gasteiger partial charge in [0.2, 0.25) is 5.91 Å². The number of benzene rings is 2. The van der Waals surface area contributed by atoms with Crippen LogP contribution in [0.3, 0.4) is 0 Å². The van der Waals surface area contributed by atoms with Crippen molar-refractivity contribution < 1.29 is 9.53 Å². The number of likely N-dealkylation sites (N-methyl/N-ethyl adjacent to an activating group) is 1. The zero-order valence-corrected chi connectivity index (χ0v) is 22.7. The molecule has 0 bridgehead atoms. The third kappa shape index (κ3) is 4.94. The van der Waals surface area contributed by atoms with Crippen LogP contribution in [0.4, 0.5) is 5.82 Å². The van der Waals surface area contributed by atoms with E-state index in [1.807, 2.05) is 15.6 Å². The highest BCUT2D eigenvalue weighted by Gasteiger charge is 2.30. The number of amides is 1. The number of carbonyl (C=O) groups is 1. The fourth-order valence-electron chi connectivity index (χ4n) is 5.87. The fourth-order valence-corrected chi connectivity index (χ4v) is 5.87. The molecule has 2 aliphatic rings. The topological polar surface area (TPSA) is 79.1 Å². The first kappa shape index (κ1) is 25.3. The summed E-state index contributed by atoms with van der Waals surface area (Å²) in [5.41, 5.74) is 2.89. The minimum atomic E-state index is -0.0442. The highest BCUT2D eigenvalue weighted by atomic mass is 16.5. The molecule has 2 aromatic heterocycles. The van der Waals surface area contributed by atoms with Crippen LogP contribution < -0.4 is 9.64 Å². The standard InChI is InChI=1S/C30H35N7O2/c1-4-27(38)35-15-16-36(21(2)19-35)29-28-31-18-25(17-23-11-7-10-22-9-5-6-13-26(22)23)37(28)33-30(32-29)39-20-24-12-8-14-34(24)3/h4-7,9-11,13,18,21,24H,1,8,12,14-17,19-20H2,2-3H3/t21-,24-/m0/s1. The van der Waals surface area contributed by atoms with Crippen LogP contribution >= 0.6 is 0 Å². The number of ether oxygens (including phenoxy) is 1. The molecule has 4 heterocycles. The molecule has 9 heteroatoms. The summed E-state index contributed by atoms with van der Waals surface area (Å²) in [6, 6.07) is 15.6. The van der Waals surface area contributed by atoms with E-state index in [0.717, 1.165) is 24.5 Å². The first-order valence-electron chi connectivity index (χ1n) is 13.7. The molecule has 1 amide bonds. The Hall–Kier alpha value is -3.98. The summed E-state index contributed by atoms with van der Waals surface area (Å²) in [5, 5.41) is 7.27. The van der Waals surface area contributed by atoms with Crippen LogP contribution in [-0.2, 0) is 11.2 Å². The van der Waals surface area contributed by atoms with E-state index < -0.39 is 0 Å². The normalized spacial score (nSPS) is 20.2. The molecule has 2 saturated heterocycles. The number of carbonyl (C=O) groups excluding carboxylic acids is 1. The number of aromatic nitrogens is 4. The van der Waals surface area contributed by atoms with Crippen molar-refractivity contribution in [2.45, 2.75) is 38.3 Å². The molecule has 202 valence electrons. The zero-order valence-electron chi connectivity index (χ0n) is 22.7. The van der Waals surface area contributed by atoms with E-state index >= 15 is 0 Å². The number of piperazine rings is 1. The fraction of sp³-hybridized carbons (Fsp3) is 0.400. The molecule has 0 saturated carbocycles. The summed E-state index contributed by atoms with van der Waals surface area (Å²) in [6.07, 6.45) is 6.25. The lowest BCUT2D eigenvalue weighted by atomic mass is 10.0. The van der Waals surface area contributed by atoms with E-state index in [4.69, 9.17) is 19.8 Å². The van der Waals surface area contributed by atoms with Crippen LogP contribution in [0, 0.1) is 0 Å². The number of imidazole rings is 1. The van der Waals surface area contributed by atoms with Crippen LogP contribution in [0.5, 0.6) is 6.01 Å². The van der Waals surface area contributed by atoms with Crippen molar-refractivity contribution in [2.24, 2.45) is 0 Å². The lowest BCUT2D eigenvalue weighted by molar-refractivity contribution is -0.126. The highest BCUT2D eigenvalue weighted by molar-refractivity contribution is 5.87. The maximum Gasteiger partial charge on any atom is 0.336 e. The van der Waals surface area contributed by atoms with E-state index in [9.17, 15) is 4.79 Å². The van der Waals surface area contributed by atoms with Crippen molar-refractivity contribution in [2.75, 3.05) is 44.7 Å². The second-order valence-corrected chi connectivity index (χ2v) is 10.6. The average Bonchev–Trinajstić information content (AvgIpc) is 3.56. The van der Waals surface area contributed by atoms with Gasteiger partial charge >= 0.3 is 6.01 Å². The molecule has 0 spiro atoms. The Bertz CT molecular complexity index is 1510. The largest absolute Gasteiger partial charge is 0.461 e. The number of hydrogen-bond acceptors (Lipinski definition) is 7. The van der Waals surface area contributed by atoms with E-state index in [2.05, 4.69) is 72.8 Å². The van der Waals surface area contributed by atoms with Gasteiger partial charge in [0.15, 0.2) is 11.5 Å². The number of nitrogens with zero attached hydrogens (tertiary/aromatic N) is 7. The summed E-state index contributed by atoms with van der Waals surface area (Å²) >= 11 is 0. The number of anilines is 1. The van der Waals surface area contributed by atoms with Crippen molar-refractivity contribution in [3.8, 4) is 6.01 Å². The molecule has 0 unspecified atom stereocenters. The molecule has 39 heavy (non-hydrogen) atoms. The van der Waals surface area contributed by atoms with Crippen molar-refractivity contribution in [1.29, 1.82) is 0 Å². The van der Waals surface area contributed by atoms with Crippen LogP contribution in [0.15, 0.2) is 61.3 Å². The molecule has 2 fully saturated rings. The van der Waals surface area contributed by atoms with Gasteiger partial charge in [-0.15, -0.1) is 5.10 Å². The summed E-state index contributed by atoms with van der Waals surface area (Å²) in [5.74, 6) is 0.694. The van der Waals surface area contributed by atoms with Crippen LogP contribution in [-0.4, -0.2) is 87.2 Å². The second-order valence-electron chi connectivity index (χ2n) is 10.6. The van der Waals surface area contributed by atoms with E-state index in [1.165, 1.54) is 28.8 Å². The van der Waals surface area contributed by atoms with Crippen molar-refractivity contribution in [1.82, 2.24) is 29.4 Å². The first-order valence-corrected chi connectivity index (χ1v) is 13.7. The Kier molecular flexibility index (Phi) is 6.91. The molecule has 9 nitrogen and oxygen atoms in total. The Morgan fingerprint density at radius 2 is 2.00 bits per heavy atom. The van der Waals surface area contributed by atoms with Gasteiger partial charge in [-0.05, 0) is 55.8 Å². The van der Waals surface area contributed by atoms with Gasteiger partial charge in [-0.3, -0.25) is 4.79 Å². The molecule has 2 atom stereocenters. The third-order valence-corrected chi connectivity index (χ3v) is 8.11. The van der Waals surface area contributed by atoms with Crippen LogP contribution in [0.25, 0.3) is 16.4 Å². The summed E-state index contributed by atoms with van der Waals surface area (Å²) in [6.45, 7) is 9.21. The van der Waals surface area contributed by atoms with Gasteiger partial charge in [-0.2, -0.15) is 4.98 Å². The predicted octanol–water partition coefficient (Wildman–Crippen LogP) is 3.56. The molecule has 6 rings (SSSR count). The molecular weight excluding hydrogens is 490 g/mol. The third-order valence-electron chi connectivity index (χ3n) is 8.11. The maximum atomic E-state index is 12.3. The van der Waals surface area contributed by atoms with Gasteiger partial charge in [-0.1, -0.05) is 49.0 Å². The smallest absolute Gasteiger partial charge is 0.336 e. The Morgan fingerprint density at radius 1 is 1.15 bits per heavy atom. The minimum absolute atomic E-state index is 0.0442. The molecule has 0 radical (unpaired) electrons.